The van der Waals surface area contributed by atoms with Crippen LogP contribution in [0.5, 0.6) is 0 Å². The average molecular weight is 382 g/mol. The maximum absolute atomic E-state index is 14.4. The van der Waals surface area contributed by atoms with Gasteiger partial charge in [-0.15, -0.1) is 0 Å². The van der Waals surface area contributed by atoms with E-state index in [4.69, 9.17) is 11.6 Å². The summed E-state index contributed by atoms with van der Waals surface area (Å²) in [7, 11) is 0. The van der Waals surface area contributed by atoms with Crippen LogP contribution in [0.2, 0.25) is 5.02 Å². The van der Waals surface area contributed by atoms with E-state index in [1.54, 1.807) is 18.3 Å². The molecule has 1 aliphatic heterocycles. The number of nitriles is 1. The zero-order chi connectivity index (χ0) is 18.8. The number of nitrogens with one attached hydrogen (secondary N) is 2. The molecule has 1 saturated heterocycles. The third-order valence-electron chi connectivity index (χ3n) is 4.82. The standard InChI is InChI=1S/C20H17ClFN5/c21-15-4-1-5-16(19(15)22)27-20-13(8-23)10-25-18-11-26-17(7-14(18)20)12-3-2-6-24-9-12/h1,4-5,7,10-12,24H,2-3,6,9H2,(H,25,27). The van der Waals surface area contributed by atoms with E-state index in [2.05, 4.69) is 26.7 Å². The molecule has 4 rings (SSSR count). The van der Waals surface area contributed by atoms with Gasteiger partial charge in [0, 0.05) is 29.7 Å². The molecule has 0 bridgehead atoms. The van der Waals surface area contributed by atoms with E-state index in [1.165, 1.54) is 12.3 Å². The number of halogens is 2. The fourth-order valence-corrected chi connectivity index (χ4v) is 3.57. The van der Waals surface area contributed by atoms with Crippen LogP contribution in [-0.2, 0) is 0 Å². The Balaban J connectivity index is 1.83. The lowest BCUT2D eigenvalue weighted by Gasteiger charge is -2.22. The van der Waals surface area contributed by atoms with Crippen molar-refractivity contribution in [2.24, 2.45) is 0 Å². The molecular weight excluding hydrogens is 365 g/mol. The molecule has 2 aromatic heterocycles. The molecule has 27 heavy (non-hydrogen) atoms. The highest BCUT2D eigenvalue weighted by atomic mass is 35.5. The first-order valence-corrected chi connectivity index (χ1v) is 9.15. The normalized spacial score (nSPS) is 16.9. The van der Waals surface area contributed by atoms with Crippen molar-refractivity contribution in [1.29, 1.82) is 5.26 Å². The van der Waals surface area contributed by atoms with Gasteiger partial charge in [0.15, 0.2) is 5.82 Å². The summed E-state index contributed by atoms with van der Waals surface area (Å²) < 4.78 is 14.4. The minimum atomic E-state index is -0.557. The summed E-state index contributed by atoms with van der Waals surface area (Å²) >= 11 is 5.89. The second-order valence-corrected chi connectivity index (χ2v) is 6.96. The molecule has 2 N–H and O–H groups in total. The third-order valence-corrected chi connectivity index (χ3v) is 5.11. The number of nitrogens with zero attached hydrogens (tertiary/aromatic N) is 3. The number of hydrogen-bond donors (Lipinski definition) is 2. The molecular formula is C20H17ClFN5. The fraction of sp³-hybridized carbons (Fsp3) is 0.250. The number of piperidine rings is 1. The molecule has 0 aliphatic carbocycles. The minimum absolute atomic E-state index is 0.0208. The third kappa shape index (κ3) is 3.44. The van der Waals surface area contributed by atoms with Gasteiger partial charge in [-0.05, 0) is 37.6 Å². The molecule has 0 saturated carbocycles. The summed E-state index contributed by atoms with van der Waals surface area (Å²) in [5.41, 5.74) is 2.65. The lowest BCUT2D eigenvalue weighted by Crippen LogP contribution is -2.28. The number of aromatic nitrogens is 2. The van der Waals surface area contributed by atoms with E-state index in [0.717, 1.165) is 37.0 Å². The van der Waals surface area contributed by atoms with Crippen molar-refractivity contribution in [3.63, 3.8) is 0 Å². The molecule has 1 aromatic carbocycles. The van der Waals surface area contributed by atoms with Crippen molar-refractivity contribution in [3.8, 4) is 6.07 Å². The summed E-state index contributed by atoms with van der Waals surface area (Å²) in [5, 5.41) is 16.7. The van der Waals surface area contributed by atoms with Crippen LogP contribution in [0.1, 0.15) is 30.0 Å². The fourth-order valence-electron chi connectivity index (χ4n) is 3.39. The van der Waals surface area contributed by atoms with Gasteiger partial charge in [-0.3, -0.25) is 9.97 Å². The van der Waals surface area contributed by atoms with Crippen LogP contribution in [0.3, 0.4) is 0 Å². The van der Waals surface area contributed by atoms with Crippen LogP contribution >= 0.6 is 11.6 Å². The van der Waals surface area contributed by atoms with Gasteiger partial charge in [0.05, 0.1) is 33.7 Å². The molecule has 1 unspecified atom stereocenters. The minimum Gasteiger partial charge on any atom is -0.351 e. The summed E-state index contributed by atoms with van der Waals surface area (Å²) in [5.74, 6) is -0.247. The number of rotatable bonds is 3. The molecule has 1 atom stereocenters. The maximum atomic E-state index is 14.4. The van der Waals surface area contributed by atoms with Gasteiger partial charge in [-0.2, -0.15) is 5.26 Å². The Morgan fingerprint density at radius 1 is 1.30 bits per heavy atom. The second kappa shape index (κ2) is 7.47. The van der Waals surface area contributed by atoms with Crippen LogP contribution in [0.25, 0.3) is 10.9 Å². The van der Waals surface area contributed by atoms with Crippen molar-refractivity contribution in [1.82, 2.24) is 15.3 Å². The molecule has 5 nitrogen and oxygen atoms in total. The van der Waals surface area contributed by atoms with Gasteiger partial charge in [-0.1, -0.05) is 17.7 Å². The second-order valence-electron chi connectivity index (χ2n) is 6.55. The van der Waals surface area contributed by atoms with Crippen molar-refractivity contribution in [2.45, 2.75) is 18.8 Å². The predicted molar refractivity (Wildman–Crippen MR) is 104 cm³/mol. The van der Waals surface area contributed by atoms with E-state index >= 15 is 0 Å². The number of pyridine rings is 2. The van der Waals surface area contributed by atoms with Gasteiger partial charge < -0.3 is 10.6 Å². The van der Waals surface area contributed by atoms with Crippen LogP contribution < -0.4 is 10.6 Å². The van der Waals surface area contributed by atoms with Gasteiger partial charge in [0.25, 0.3) is 0 Å². The Morgan fingerprint density at radius 2 is 2.19 bits per heavy atom. The van der Waals surface area contributed by atoms with Crippen LogP contribution in [0.15, 0.2) is 36.7 Å². The van der Waals surface area contributed by atoms with E-state index in [9.17, 15) is 9.65 Å². The highest BCUT2D eigenvalue weighted by molar-refractivity contribution is 6.31. The predicted octanol–water partition coefficient (Wildman–Crippen LogP) is 4.50. The summed E-state index contributed by atoms with van der Waals surface area (Å²) in [6.45, 7) is 1.89. The summed E-state index contributed by atoms with van der Waals surface area (Å²) in [4.78, 5) is 8.88. The zero-order valence-electron chi connectivity index (χ0n) is 14.5. The topological polar surface area (TPSA) is 73.6 Å². The SMILES string of the molecule is N#Cc1cnc2cnc(C3CCCNC3)cc2c1Nc1cccc(Cl)c1F. The van der Waals surface area contributed by atoms with Crippen molar-refractivity contribution in [3.05, 3.63) is 58.8 Å². The van der Waals surface area contributed by atoms with Crippen molar-refractivity contribution < 1.29 is 4.39 Å². The van der Waals surface area contributed by atoms with E-state index in [1.807, 2.05) is 6.07 Å². The highest BCUT2D eigenvalue weighted by Gasteiger charge is 2.19. The maximum Gasteiger partial charge on any atom is 0.165 e. The number of fused-ring (bicyclic) bond motifs is 1. The quantitative estimate of drug-likeness (QED) is 0.698. The van der Waals surface area contributed by atoms with Gasteiger partial charge in [-0.25, -0.2) is 4.39 Å². The Hall–Kier alpha value is -2.75. The lowest BCUT2D eigenvalue weighted by atomic mass is 9.94. The van der Waals surface area contributed by atoms with E-state index in [0.29, 0.717) is 22.7 Å². The molecule has 7 heteroatoms. The Morgan fingerprint density at radius 3 is 2.96 bits per heavy atom. The molecule has 3 aromatic rings. The highest BCUT2D eigenvalue weighted by Crippen LogP contribution is 2.33. The van der Waals surface area contributed by atoms with Crippen molar-refractivity contribution >= 4 is 33.9 Å². The lowest BCUT2D eigenvalue weighted by molar-refractivity contribution is 0.455. The number of benzene rings is 1. The summed E-state index contributed by atoms with van der Waals surface area (Å²) in [6, 6.07) is 8.80. The first-order valence-electron chi connectivity index (χ1n) is 8.78. The average Bonchev–Trinajstić information content (AvgIpc) is 2.72. The largest absolute Gasteiger partial charge is 0.351 e. The molecule has 1 fully saturated rings. The molecule has 136 valence electrons. The van der Waals surface area contributed by atoms with Crippen LogP contribution in [0, 0.1) is 17.1 Å². The Bertz CT molecular complexity index is 1040. The van der Waals surface area contributed by atoms with Crippen LogP contribution in [0.4, 0.5) is 15.8 Å². The first-order chi connectivity index (χ1) is 13.2. The number of anilines is 2. The summed E-state index contributed by atoms with van der Waals surface area (Å²) in [6.07, 6.45) is 5.33. The van der Waals surface area contributed by atoms with E-state index < -0.39 is 5.82 Å². The van der Waals surface area contributed by atoms with Gasteiger partial charge in [0.1, 0.15) is 6.07 Å². The van der Waals surface area contributed by atoms with E-state index in [-0.39, 0.29) is 10.7 Å². The molecule has 1 aliphatic rings. The Kier molecular flexibility index (Phi) is 4.88. The first kappa shape index (κ1) is 17.7. The molecule has 3 heterocycles. The van der Waals surface area contributed by atoms with Crippen LogP contribution in [-0.4, -0.2) is 23.1 Å². The monoisotopic (exact) mass is 381 g/mol. The smallest absolute Gasteiger partial charge is 0.165 e. The van der Waals surface area contributed by atoms with Gasteiger partial charge >= 0.3 is 0 Å². The van der Waals surface area contributed by atoms with Gasteiger partial charge in [0.2, 0.25) is 0 Å². The molecule has 0 amide bonds. The molecule has 0 spiro atoms. The Labute approximate surface area is 161 Å². The number of hydrogen-bond acceptors (Lipinski definition) is 5. The zero-order valence-corrected chi connectivity index (χ0v) is 15.2. The molecule has 0 radical (unpaired) electrons. The van der Waals surface area contributed by atoms with Crippen molar-refractivity contribution in [2.75, 3.05) is 18.4 Å².